The highest BCUT2D eigenvalue weighted by molar-refractivity contribution is 5.86. The first-order valence-electron chi connectivity index (χ1n) is 19.2. The van der Waals surface area contributed by atoms with Gasteiger partial charge in [0, 0.05) is 18.7 Å². The van der Waals surface area contributed by atoms with Crippen LogP contribution in [0.25, 0.3) is 0 Å². The maximum Gasteiger partial charge on any atom is 0.241 e. The summed E-state index contributed by atoms with van der Waals surface area (Å²) in [5.41, 5.74) is 4.03. The number of hydrogen-bond acceptors (Lipinski definition) is 3. The number of carbonyl (C=O) groups is 1. The SMILES string of the molecule is CCCCC/C=C\C/C=C\CCCCCCCC/C(CCCCCCCC/C=C\C=C\CCCCC)=N\NC(=O)CCN(C)C. The normalized spacial score (nSPS) is 12.7. The van der Waals surface area contributed by atoms with Crippen molar-refractivity contribution in [2.24, 2.45) is 5.10 Å². The second-order valence-corrected chi connectivity index (χ2v) is 13.1. The second kappa shape index (κ2) is 36.5. The maximum atomic E-state index is 12.2. The Bertz CT molecular complexity index is 778. The molecule has 0 radical (unpaired) electrons. The quantitative estimate of drug-likeness (QED) is 0.0259. The van der Waals surface area contributed by atoms with Gasteiger partial charge in [-0.25, -0.2) is 5.43 Å². The second-order valence-electron chi connectivity index (χ2n) is 13.1. The summed E-state index contributed by atoms with van der Waals surface area (Å²) in [6.07, 6.45) is 50.2. The van der Waals surface area contributed by atoms with Gasteiger partial charge >= 0.3 is 0 Å². The van der Waals surface area contributed by atoms with Crippen LogP contribution in [0.5, 0.6) is 0 Å². The molecule has 0 aromatic rings. The van der Waals surface area contributed by atoms with E-state index in [0.29, 0.717) is 6.42 Å². The predicted octanol–water partition coefficient (Wildman–Crippen LogP) is 12.4. The zero-order chi connectivity index (χ0) is 32.9. The molecule has 0 atom stereocenters. The van der Waals surface area contributed by atoms with Gasteiger partial charge in [-0.15, -0.1) is 0 Å². The molecular formula is C41H75N3O. The Morgan fingerprint density at radius 1 is 0.533 bits per heavy atom. The smallest absolute Gasteiger partial charge is 0.241 e. The van der Waals surface area contributed by atoms with E-state index >= 15 is 0 Å². The lowest BCUT2D eigenvalue weighted by atomic mass is 10.0. The van der Waals surface area contributed by atoms with Crippen LogP contribution < -0.4 is 5.43 Å². The molecule has 0 saturated heterocycles. The third-order valence-electron chi connectivity index (χ3n) is 8.23. The first-order valence-corrected chi connectivity index (χ1v) is 19.2. The van der Waals surface area contributed by atoms with Crippen molar-refractivity contribution in [1.29, 1.82) is 0 Å². The molecule has 4 heteroatoms. The van der Waals surface area contributed by atoms with Crippen LogP contribution in [0.15, 0.2) is 53.7 Å². The van der Waals surface area contributed by atoms with Crippen LogP contribution in [0.2, 0.25) is 0 Å². The highest BCUT2D eigenvalue weighted by Crippen LogP contribution is 2.14. The van der Waals surface area contributed by atoms with Crippen molar-refractivity contribution in [3.63, 3.8) is 0 Å². The molecule has 0 aromatic heterocycles. The number of nitrogens with one attached hydrogen (secondary N) is 1. The van der Waals surface area contributed by atoms with E-state index in [4.69, 9.17) is 0 Å². The summed E-state index contributed by atoms with van der Waals surface area (Å²) in [5, 5.41) is 4.59. The summed E-state index contributed by atoms with van der Waals surface area (Å²) in [4.78, 5) is 14.3. The highest BCUT2D eigenvalue weighted by Gasteiger charge is 2.05. The van der Waals surface area contributed by atoms with Crippen LogP contribution in [0.1, 0.15) is 181 Å². The molecule has 0 saturated carbocycles. The van der Waals surface area contributed by atoms with E-state index in [9.17, 15) is 4.79 Å². The average Bonchev–Trinajstić information content (AvgIpc) is 3.03. The summed E-state index contributed by atoms with van der Waals surface area (Å²) < 4.78 is 0. The monoisotopic (exact) mass is 626 g/mol. The summed E-state index contributed by atoms with van der Waals surface area (Å²) in [6, 6.07) is 0. The number of allylic oxidation sites excluding steroid dienone is 8. The molecule has 0 aromatic carbocycles. The van der Waals surface area contributed by atoms with Gasteiger partial charge in [-0.2, -0.15) is 5.10 Å². The Morgan fingerprint density at radius 2 is 0.956 bits per heavy atom. The fourth-order valence-electron chi connectivity index (χ4n) is 5.24. The Balaban J connectivity index is 4.08. The van der Waals surface area contributed by atoms with Gasteiger partial charge in [0.25, 0.3) is 0 Å². The van der Waals surface area contributed by atoms with Gasteiger partial charge in [0.05, 0.1) is 0 Å². The molecule has 0 bridgehead atoms. The number of hydrogen-bond donors (Lipinski definition) is 1. The van der Waals surface area contributed by atoms with Crippen molar-refractivity contribution in [2.75, 3.05) is 20.6 Å². The van der Waals surface area contributed by atoms with Gasteiger partial charge in [-0.3, -0.25) is 4.79 Å². The van der Waals surface area contributed by atoms with Crippen LogP contribution >= 0.6 is 0 Å². The van der Waals surface area contributed by atoms with E-state index in [1.165, 1.54) is 147 Å². The number of amides is 1. The Hall–Kier alpha value is -1.94. The van der Waals surface area contributed by atoms with E-state index in [-0.39, 0.29) is 5.91 Å². The minimum absolute atomic E-state index is 0.0271. The summed E-state index contributed by atoms with van der Waals surface area (Å²) in [7, 11) is 4.00. The standard InChI is InChI=1S/C41H75N3O/c1-5-7-9-11-13-15-17-19-21-23-25-27-29-31-33-35-37-40(42-43-41(45)38-39-44(3)4)36-34-32-30-28-26-24-22-20-18-16-14-12-10-8-6-2/h13-16,18-21H,5-12,17,22-39H2,1-4H3,(H,43,45)/b15-13-,16-14+,20-18-,21-19-,42-40-. The topological polar surface area (TPSA) is 44.7 Å². The fourth-order valence-corrected chi connectivity index (χ4v) is 5.24. The highest BCUT2D eigenvalue weighted by atomic mass is 16.2. The van der Waals surface area contributed by atoms with Crippen LogP contribution in [-0.2, 0) is 4.79 Å². The van der Waals surface area contributed by atoms with Crippen LogP contribution in [0.3, 0.4) is 0 Å². The molecule has 0 rings (SSSR count). The number of unbranched alkanes of at least 4 members (excludes halogenated alkanes) is 18. The van der Waals surface area contributed by atoms with Gasteiger partial charge in [-0.1, -0.05) is 140 Å². The van der Waals surface area contributed by atoms with Crippen molar-refractivity contribution in [2.45, 2.75) is 181 Å². The lowest BCUT2D eigenvalue weighted by Crippen LogP contribution is -2.24. The van der Waals surface area contributed by atoms with Crippen LogP contribution in [-0.4, -0.2) is 37.2 Å². The van der Waals surface area contributed by atoms with Crippen molar-refractivity contribution in [1.82, 2.24) is 10.3 Å². The Morgan fingerprint density at radius 3 is 1.42 bits per heavy atom. The van der Waals surface area contributed by atoms with Crippen molar-refractivity contribution in [3.05, 3.63) is 48.6 Å². The molecule has 4 nitrogen and oxygen atoms in total. The molecule has 0 fully saturated rings. The summed E-state index contributed by atoms with van der Waals surface area (Å²) in [6.45, 7) is 5.27. The molecular weight excluding hydrogens is 550 g/mol. The molecule has 0 heterocycles. The number of rotatable bonds is 33. The zero-order valence-electron chi connectivity index (χ0n) is 30.5. The minimum Gasteiger partial charge on any atom is -0.309 e. The van der Waals surface area contributed by atoms with Gasteiger partial charge < -0.3 is 4.90 Å². The number of hydrazone groups is 1. The largest absolute Gasteiger partial charge is 0.309 e. The molecule has 0 aliphatic heterocycles. The summed E-state index contributed by atoms with van der Waals surface area (Å²) >= 11 is 0. The molecule has 0 aliphatic rings. The predicted molar refractivity (Wildman–Crippen MR) is 202 cm³/mol. The van der Waals surface area contributed by atoms with E-state index in [0.717, 1.165) is 25.8 Å². The molecule has 0 aliphatic carbocycles. The van der Waals surface area contributed by atoms with Crippen molar-refractivity contribution >= 4 is 11.6 Å². The van der Waals surface area contributed by atoms with E-state index in [2.05, 4.69) is 73.0 Å². The molecule has 0 spiro atoms. The third-order valence-corrected chi connectivity index (χ3v) is 8.23. The zero-order valence-corrected chi connectivity index (χ0v) is 30.5. The lowest BCUT2D eigenvalue weighted by molar-refractivity contribution is -0.121. The maximum absolute atomic E-state index is 12.2. The molecule has 45 heavy (non-hydrogen) atoms. The third kappa shape index (κ3) is 36.4. The molecule has 1 N–H and O–H groups in total. The van der Waals surface area contributed by atoms with Crippen LogP contribution in [0.4, 0.5) is 0 Å². The first kappa shape index (κ1) is 43.1. The lowest BCUT2D eigenvalue weighted by Gasteiger charge is -2.10. The molecule has 1 amide bonds. The fraction of sp³-hybridized carbons (Fsp3) is 0.756. The Kier molecular flexibility index (Phi) is 35.0. The average molecular weight is 626 g/mol. The van der Waals surface area contributed by atoms with E-state index in [1.807, 2.05) is 19.0 Å². The number of nitrogens with zero attached hydrogens (tertiary/aromatic N) is 2. The van der Waals surface area contributed by atoms with Crippen molar-refractivity contribution < 1.29 is 4.79 Å². The van der Waals surface area contributed by atoms with Gasteiger partial charge in [-0.05, 0) is 97.6 Å². The molecule has 260 valence electrons. The molecule has 0 unspecified atom stereocenters. The van der Waals surface area contributed by atoms with E-state index < -0.39 is 0 Å². The Labute approximate surface area is 281 Å². The van der Waals surface area contributed by atoms with E-state index in [1.54, 1.807) is 0 Å². The first-order chi connectivity index (χ1) is 22.1. The van der Waals surface area contributed by atoms with Gasteiger partial charge in [0.15, 0.2) is 0 Å². The van der Waals surface area contributed by atoms with Gasteiger partial charge in [0.1, 0.15) is 0 Å². The van der Waals surface area contributed by atoms with Crippen LogP contribution in [0, 0.1) is 0 Å². The minimum atomic E-state index is 0.0271. The number of carbonyl (C=O) groups excluding carboxylic acids is 1. The van der Waals surface area contributed by atoms with Crippen molar-refractivity contribution in [3.8, 4) is 0 Å². The van der Waals surface area contributed by atoms with Gasteiger partial charge in [0.2, 0.25) is 5.91 Å². The summed E-state index contributed by atoms with van der Waals surface area (Å²) in [5.74, 6) is 0.0271.